The van der Waals surface area contributed by atoms with Crippen molar-refractivity contribution in [1.29, 1.82) is 0 Å². The summed E-state index contributed by atoms with van der Waals surface area (Å²) in [5.74, 6) is -5.07. The number of carbonyl (C=O) groups excluding carboxylic acids is 1. The maximum Gasteiger partial charge on any atom is 0.394 e. The summed E-state index contributed by atoms with van der Waals surface area (Å²) in [6.07, 6.45) is -4.64. The first-order chi connectivity index (χ1) is 11.2. The molecule has 1 aromatic rings. The second-order valence-corrected chi connectivity index (χ2v) is 6.40. The number of amides is 1. The van der Waals surface area contributed by atoms with Crippen molar-refractivity contribution in [2.45, 2.75) is 11.1 Å². The molecule has 1 heterocycles. The van der Waals surface area contributed by atoms with Crippen molar-refractivity contribution in [2.24, 2.45) is 11.8 Å². The number of hydrogen-bond donors (Lipinski definition) is 1. The number of methoxy groups -OCH3 is 1. The smallest absolute Gasteiger partial charge is 0.394 e. The lowest BCUT2D eigenvalue weighted by Crippen LogP contribution is -2.34. The predicted molar refractivity (Wildman–Crippen MR) is 81.0 cm³/mol. The van der Waals surface area contributed by atoms with Crippen molar-refractivity contribution in [1.82, 2.24) is 4.90 Å². The van der Waals surface area contributed by atoms with Gasteiger partial charge in [0.1, 0.15) is 5.75 Å². The summed E-state index contributed by atoms with van der Waals surface area (Å²) in [5, 5.41) is 8.95. The van der Waals surface area contributed by atoms with E-state index in [0.717, 1.165) is 9.80 Å². The molecular weight excluding hydrogens is 347 g/mol. The highest BCUT2D eigenvalue weighted by molar-refractivity contribution is 8.00. The number of aliphatic carboxylic acids is 1. The van der Waals surface area contributed by atoms with E-state index in [4.69, 9.17) is 9.84 Å². The highest BCUT2D eigenvalue weighted by Gasteiger charge is 2.53. The van der Waals surface area contributed by atoms with Crippen LogP contribution in [0.3, 0.4) is 0 Å². The Bertz CT molecular complexity index is 606. The van der Waals surface area contributed by atoms with Gasteiger partial charge >= 0.3 is 12.1 Å². The van der Waals surface area contributed by atoms with Crippen LogP contribution in [0.25, 0.3) is 0 Å². The molecule has 1 aromatic carbocycles. The molecule has 24 heavy (non-hydrogen) atoms. The van der Waals surface area contributed by atoms with Crippen LogP contribution in [-0.2, 0) is 9.59 Å². The summed E-state index contributed by atoms with van der Waals surface area (Å²) in [7, 11) is 1.52. The zero-order valence-corrected chi connectivity index (χ0v) is 13.6. The summed E-state index contributed by atoms with van der Waals surface area (Å²) in [6.45, 7) is -1.02. The summed E-state index contributed by atoms with van der Waals surface area (Å²) < 4.78 is 43.7. The molecule has 2 rings (SSSR count). The number of benzene rings is 1. The second-order valence-electron chi connectivity index (χ2n) is 5.36. The van der Waals surface area contributed by atoms with Gasteiger partial charge in [-0.2, -0.15) is 13.2 Å². The van der Waals surface area contributed by atoms with Gasteiger partial charge in [0, 0.05) is 18.0 Å². The fourth-order valence-corrected chi connectivity index (χ4v) is 3.30. The molecule has 0 spiro atoms. The molecule has 1 amide bonds. The van der Waals surface area contributed by atoms with Crippen molar-refractivity contribution in [3.63, 3.8) is 0 Å². The summed E-state index contributed by atoms with van der Waals surface area (Å²) in [5.41, 5.74) is 0. The van der Waals surface area contributed by atoms with Crippen molar-refractivity contribution >= 4 is 23.6 Å². The number of rotatable bonds is 5. The molecule has 0 aliphatic carbocycles. The van der Waals surface area contributed by atoms with E-state index in [2.05, 4.69) is 0 Å². The topological polar surface area (TPSA) is 66.8 Å². The van der Waals surface area contributed by atoms with Gasteiger partial charge in [0.25, 0.3) is 0 Å². The molecule has 0 aromatic heterocycles. The third-order valence-corrected chi connectivity index (χ3v) is 4.83. The number of carbonyl (C=O) groups is 2. The number of hydrogen-bond acceptors (Lipinski definition) is 4. The van der Waals surface area contributed by atoms with Crippen LogP contribution in [0.4, 0.5) is 13.2 Å². The third kappa shape index (κ3) is 4.34. The molecule has 132 valence electrons. The highest BCUT2D eigenvalue weighted by atomic mass is 32.2. The van der Waals surface area contributed by atoms with Crippen LogP contribution < -0.4 is 4.74 Å². The van der Waals surface area contributed by atoms with Crippen molar-refractivity contribution < 1.29 is 32.6 Å². The van der Waals surface area contributed by atoms with Crippen LogP contribution in [0.15, 0.2) is 29.2 Å². The van der Waals surface area contributed by atoms with Gasteiger partial charge < -0.3 is 14.7 Å². The lowest BCUT2D eigenvalue weighted by Gasteiger charge is -2.18. The van der Waals surface area contributed by atoms with Crippen LogP contribution >= 0.6 is 11.8 Å². The van der Waals surface area contributed by atoms with E-state index in [0.29, 0.717) is 5.75 Å². The number of likely N-dealkylation sites (tertiary alicyclic amines) is 1. The highest BCUT2D eigenvalue weighted by Crippen LogP contribution is 2.38. The van der Waals surface area contributed by atoms with Gasteiger partial charge in [-0.3, -0.25) is 9.59 Å². The fourth-order valence-electron chi connectivity index (χ4n) is 2.50. The molecule has 0 unspecified atom stereocenters. The van der Waals surface area contributed by atoms with Crippen LogP contribution in [0.2, 0.25) is 0 Å². The molecule has 0 radical (unpaired) electrons. The Labute approximate surface area is 140 Å². The maximum atomic E-state index is 12.9. The van der Waals surface area contributed by atoms with Gasteiger partial charge in [0.2, 0.25) is 5.91 Å². The van der Waals surface area contributed by atoms with E-state index in [9.17, 15) is 22.8 Å². The molecule has 9 heteroatoms. The molecule has 0 bridgehead atoms. The zero-order chi connectivity index (χ0) is 17.9. The Morgan fingerprint density at radius 2 is 1.92 bits per heavy atom. The number of alkyl halides is 3. The minimum Gasteiger partial charge on any atom is -0.497 e. The van der Waals surface area contributed by atoms with Crippen molar-refractivity contribution in [2.75, 3.05) is 26.0 Å². The standard InChI is InChI=1S/C15H16F3NO4S/c1-23-9-2-4-10(5-3-9)24-8-13(20)19-6-11(14(21)22)12(7-19)15(16,17)18/h2-5,11-12H,6-8H2,1H3,(H,21,22)/t11-,12-/m1/s1. The number of ether oxygens (including phenoxy) is 1. The molecule has 1 saturated heterocycles. The first-order valence-corrected chi connectivity index (χ1v) is 8.05. The first kappa shape index (κ1) is 18.4. The monoisotopic (exact) mass is 363 g/mol. The number of halogens is 3. The van der Waals surface area contributed by atoms with Crippen LogP contribution in [0.5, 0.6) is 5.75 Å². The molecule has 1 aliphatic heterocycles. The van der Waals surface area contributed by atoms with Gasteiger partial charge in [-0.15, -0.1) is 11.8 Å². The maximum absolute atomic E-state index is 12.9. The minimum absolute atomic E-state index is 0.0523. The Balaban J connectivity index is 1.96. The lowest BCUT2D eigenvalue weighted by atomic mass is 9.96. The normalized spacial score (nSPS) is 20.9. The van der Waals surface area contributed by atoms with Crippen LogP contribution in [0, 0.1) is 11.8 Å². The molecule has 1 N–H and O–H groups in total. The Morgan fingerprint density at radius 3 is 2.38 bits per heavy atom. The van der Waals surface area contributed by atoms with E-state index in [1.54, 1.807) is 24.3 Å². The van der Waals surface area contributed by atoms with Crippen LogP contribution in [-0.4, -0.2) is 54.0 Å². The SMILES string of the molecule is COc1ccc(SCC(=O)N2C[C@@H](C(F)(F)F)[C@H](C(=O)O)C2)cc1. The van der Waals surface area contributed by atoms with E-state index in [1.807, 2.05) is 0 Å². The van der Waals surface area contributed by atoms with E-state index in [-0.39, 0.29) is 5.75 Å². The number of nitrogens with zero attached hydrogens (tertiary/aromatic N) is 1. The van der Waals surface area contributed by atoms with Crippen LogP contribution in [0.1, 0.15) is 0 Å². The number of carboxylic acid groups (broad SMARTS) is 1. The van der Waals surface area contributed by atoms with Gasteiger partial charge in [-0.05, 0) is 24.3 Å². The summed E-state index contributed by atoms with van der Waals surface area (Å²) in [4.78, 5) is 24.9. The Kier molecular flexibility index (Phi) is 5.63. The molecule has 1 fully saturated rings. The average Bonchev–Trinajstić information content (AvgIpc) is 2.99. The molecule has 1 aliphatic rings. The van der Waals surface area contributed by atoms with Gasteiger partial charge in [0.15, 0.2) is 0 Å². The lowest BCUT2D eigenvalue weighted by molar-refractivity contribution is -0.188. The minimum atomic E-state index is -4.64. The zero-order valence-electron chi connectivity index (χ0n) is 12.7. The largest absolute Gasteiger partial charge is 0.497 e. The van der Waals surface area contributed by atoms with Gasteiger partial charge in [-0.25, -0.2) is 0 Å². The first-order valence-electron chi connectivity index (χ1n) is 7.06. The number of carboxylic acids is 1. The Hall–Kier alpha value is -1.90. The number of thioether (sulfide) groups is 1. The predicted octanol–water partition coefficient (Wildman–Crippen LogP) is 2.51. The van der Waals surface area contributed by atoms with E-state index >= 15 is 0 Å². The molecule has 2 atom stereocenters. The van der Waals surface area contributed by atoms with E-state index in [1.165, 1.54) is 18.9 Å². The van der Waals surface area contributed by atoms with Crippen molar-refractivity contribution in [3.05, 3.63) is 24.3 Å². The molecule has 0 saturated carbocycles. The summed E-state index contributed by atoms with van der Waals surface area (Å²) >= 11 is 1.18. The van der Waals surface area contributed by atoms with Crippen molar-refractivity contribution in [3.8, 4) is 5.75 Å². The summed E-state index contributed by atoms with van der Waals surface area (Å²) in [6, 6.07) is 6.89. The van der Waals surface area contributed by atoms with Gasteiger partial charge in [0.05, 0.1) is 24.7 Å². The Morgan fingerprint density at radius 1 is 1.29 bits per heavy atom. The van der Waals surface area contributed by atoms with E-state index < -0.39 is 43.0 Å². The third-order valence-electron chi connectivity index (χ3n) is 3.83. The average molecular weight is 363 g/mol. The molecular formula is C15H16F3NO4S. The second kappa shape index (κ2) is 7.33. The van der Waals surface area contributed by atoms with Gasteiger partial charge in [-0.1, -0.05) is 0 Å². The fraction of sp³-hybridized carbons (Fsp3) is 0.467. The molecule has 5 nitrogen and oxygen atoms in total. The quantitative estimate of drug-likeness (QED) is 0.815.